The topological polar surface area (TPSA) is 72.9 Å². The lowest BCUT2D eigenvalue weighted by molar-refractivity contribution is -0.126. The Morgan fingerprint density at radius 1 is 1.56 bits per heavy atom. The number of nitrogens with two attached hydrogens (primary N) is 1. The minimum Gasteiger partial charge on any atom is -0.369 e. The van der Waals surface area contributed by atoms with Crippen LogP contribution in [0.1, 0.15) is 38.3 Å². The third kappa shape index (κ3) is 2.72. The largest absolute Gasteiger partial charge is 0.369 e. The SMILES string of the molecule is CC(C)(Cn1cncc1C1CCNCC1)C(N)=O. The first-order valence-corrected chi connectivity index (χ1v) is 6.51. The number of nitrogens with zero attached hydrogens (tertiary/aromatic N) is 2. The van der Waals surface area contributed by atoms with Gasteiger partial charge in [0.05, 0.1) is 11.7 Å². The summed E-state index contributed by atoms with van der Waals surface area (Å²) >= 11 is 0. The fourth-order valence-corrected chi connectivity index (χ4v) is 2.42. The summed E-state index contributed by atoms with van der Waals surface area (Å²) in [5.74, 6) is 0.268. The van der Waals surface area contributed by atoms with Gasteiger partial charge in [-0.2, -0.15) is 0 Å². The van der Waals surface area contributed by atoms with Gasteiger partial charge in [0.2, 0.25) is 5.91 Å². The van der Waals surface area contributed by atoms with Crippen molar-refractivity contribution in [1.82, 2.24) is 14.9 Å². The van der Waals surface area contributed by atoms with Crippen LogP contribution in [0.5, 0.6) is 0 Å². The third-order valence-corrected chi connectivity index (χ3v) is 3.73. The highest BCUT2D eigenvalue weighted by Gasteiger charge is 2.28. The van der Waals surface area contributed by atoms with Crippen LogP contribution >= 0.6 is 0 Å². The molecule has 2 rings (SSSR count). The Bertz CT molecular complexity index is 418. The van der Waals surface area contributed by atoms with Crippen molar-refractivity contribution in [1.29, 1.82) is 0 Å². The van der Waals surface area contributed by atoms with E-state index in [-0.39, 0.29) is 5.91 Å². The van der Waals surface area contributed by atoms with E-state index < -0.39 is 5.41 Å². The Hall–Kier alpha value is -1.36. The van der Waals surface area contributed by atoms with Gasteiger partial charge in [0, 0.05) is 24.4 Å². The van der Waals surface area contributed by atoms with Gasteiger partial charge in [-0.15, -0.1) is 0 Å². The molecule has 18 heavy (non-hydrogen) atoms. The minimum atomic E-state index is -0.539. The van der Waals surface area contributed by atoms with E-state index in [0.29, 0.717) is 12.5 Å². The maximum atomic E-state index is 11.4. The van der Waals surface area contributed by atoms with Gasteiger partial charge >= 0.3 is 0 Å². The molecule has 5 nitrogen and oxygen atoms in total. The van der Waals surface area contributed by atoms with Crippen LogP contribution in [0.25, 0.3) is 0 Å². The third-order valence-electron chi connectivity index (χ3n) is 3.73. The van der Waals surface area contributed by atoms with Crippen molar-refractivity contribution in [2.75, 3.05) is 13.1 Å². The number of hydrogen-bond donors (Lipinski definition) is 2. The molecule has 0 aromatic carbocycles. The van der Waals surface area contributed by atoms with Gasteiger partial charge in [-0.25, -0.2) is 4.98 Å². The molecule has 5 heteroatoms. The van der Waals surface area contributed by atoms with Crippen molar-refractivity contribution in [3.63, 3.8) is 0 Å². The van der Waals surface area contributed by atoms with E-state index in [2.05, 4.69) is 14.9 Å². The van der Waals surface area contributed by atoms with Crippen LogP contribution in [0.3, 0.4) is 0 Å². The molecule has 0 spiro atoms. The molecular formula is C13H22N4O. The molecule has 1 fully saturated rings. The minimum absolute atomic E-state index is 0.271. The number of rotatable bonds is 4. The maximum absolute atomic E-state index is 11.4. The van der Waals surface area contributed by atoms with E-state index in [0.717, 1.165) is 25.9 Å². The molecule has 1 saturated heterocycles. The van der Waals surface area contributed by atoms with Crippen LogP contribution in [0, 0.1) is 5.41 Å². The van der Waals surface area contributed by atoms with Crippen molar-refractivity contribution in [2.24, 2.45) is 11.1 Å². The van der Waals surface area contributed by atoms with Crippen molar-refractivity contribution in [2.45, 2.75) is 39.2 Å². The summed E-state index contributed by atoms with van der Waals surface area (Å²) in [4.78, 5) is 15.6. The first-order chi connectivity index (χ1) is 8.50. The quantitative estimate of drug-likeness (QED) is 0.832. The standard InChI is InChI=1S/C13H22N4O/c1-13(2,12(14)18)8-17-9-16-7-11(17)10-3-5-15-6-4-10/h7,9-10,15H,3-6,8H2,1-2H3,(H2,14,18). The average molecular weight is 250 g/mol. The zero-order chi connectivity index (χ0) is 13.2. The molecule has 0 aliphatic carbocycles. The molecule has 1 aliphatic heterocycles. The van der Waals surface area contributed by atoms with E-state index in [9.17, 15) is 4.79 Å². The lowest BCUT2D eigenvalue weighted by Crippen LogP contribution is -2.36. The Morgan fingerprint density at radius 3 is 2.83 bits per heavy atom. The smallest absolute Gasteiger partial charge is 0.224 e. The molecular weight excluding hydrogens is 228 g/mol. The number of nitrogens with one attached hydrogen (secondary N) is 1. The van der Waals surface area contributed by atoms with E-state index in [1.54, 1.807) is 0 Å². The van der Waals surface area contributed by atoms with Gasteiger partial charge < -0.3 is 15.6 Å². The van der Waals surface area contributed by atoms with Crippen LogP contribution in [-0.4, -0.2) is 28.5 Å². The fraction of sp³-hybridized carbons (Fsp3) is 0.692. The fourth-order valence-electron chi connectivity index (χ4n) is 2.42. The Morgan fingerprint density at radius 2 is 2.22 bits per heavy atom. The van der Waals surface area contributed by atoms with Crippen LogP contribution in [0.2, 0.25) is 0 Å². The lowest BCUT2D eigenvalue weighted by atomic mass is 9.91. The predicted octanol–water partition coefficient (Wildman–Crippen LogP) is 0.862. The number of aromatic nitrogens is 2. The van der Waals surface area contributed by atoms with Crippen molar-refractivity contribution < 1.29 is 4.79 Å². The zero-order valence-electron chi connectivity index (χ0n) is 11.1. The molecule has 0 bridgehead atoms. The summed E-state index contributed by atoms with van der Waals surface area (Å²) in [5, 5.41) is 3.36. The van der Waals surface area contributed by atoms with Crippen LogP contribution < -0.4 is 11.1 Å². The average Bonchev–Trinajstić information content (AvgIpc) is 2.77. The number of imidazole rings is 1. The normalized spacial score (nSPS) is 17.9. The highest BCUT2D eigenvalue weighted by Crippen LogP contribution is 2.27. The molecule has 2 heterocycles. The highest BCUT2D eigenvalue weighted by molar-refractivity contribution is 5.79. The van der Waals surface area contributed by atoms with Gasteiger partial charge in [0.1, 0.15) is 0 Å². The lowest BCUT2D eigenvalue weighted by Gasteiger charge is -2.27. The molecule has 0 unspecified atom stereocenters. The Balaban J connectivity index is 2.14. The summed E-state index contributed by atoms with van der Waals surface area (Å²) in [6, 6.07) is 0. The summed E-state index contributed by atoms with van der Waals surface area (Å²) in [6.07, 6.45) is 5.99. The van der Waals surface area contributed by atoms with E-state index in [1.807, 2.05) is 26.4 Å². The van der Waals surface area contributed by atoms with Crippen LogP contribution in [0.4, 0.5) is 0 Å². The van der Waals surface area contributed by atoms with Crippen molar-refractivity contribution in [3.05, 3.63) is 18.2 Å². The van der Waals surface area contributed by atoms with E-state index in [4.69, 9.17) is 5.73 Å². The molecule has 1 amide bonds. The molecule has 0 radical (unpaired) electrons. The van der Waals surface area contributed by atoms with Crippen LogP contribution in [-0.2, 0) is 11.3 Å². The Labute approximate surface area is 108 Å². The highest BCUT2D eigenvalue weighted by atomic mass is 16.1. The molecule has 100 valence electrons. The van der Waals surface area contributed by atoms with Crippen molar-refractivity contribution >= 4 is 5.91 Å². The van der Waals surface area contributed by atoms with Gasteiger partial charge in [-0.3, -0.25) is 4.79 Å². The second kappa shape index (κ2) is 5.10. The van der Waals surface area contributed by atoms with Gasteiger partial charge in [0.15, 0.2) is 0 Å². The summed E-state index contributed by atoms with van der Waals surface area (Å²) < 4.78 is 2.08. The number of amides is 1. The van der Waals surface area contributed by atoms with Gasteiger partial charge in [0.25, 0.3) is 0 Å². The van der Waals surface area contributed by atoms with Gasteiger partial charge in [-0.1, -0.05) is 0 Å². The molecule has 0 saturated carbocycles. The monoisotopic (exact) mass is 250 g/mol. The predicted molar refractivity (Wildman–Crippen MR) is 70.0 cm³/mol. The molecule has 0 atom stereocenters. The first kappa shape index (κ1) is 13.1. The second-order valence-electron chi connectivity index (χ2n) is 5.72. The Kier molecular flexibility index (Phi) is 3.71. The summed E-state index contributed by atoms with van der Waals surface area (Å²) in [7, 11) is 0. The zero-order valence-corrected chi connectivity index (χ0v) is 11.1. The molecule has 3 N–H and O–H groups in total. The molecule has 1 aromatic rings. The first-order valence-electron chi connectivity index (χ1n) is 6.51. The summed E-state index contributed by atoms with van der Waals surface area (Å²) in [5.41, 5.74) is 6.12. The van der Waals surface area contributed by atoms with Crippen LogP contribution in [0.15, 0.2) is 12.5 Å². The molecule has 1 aromatic heterocycles. The number of hydrogen-bond acceptors (Lipinski definition) is 3. The number of piperidine rings is 1. The van der Waals surface area contributed by atoms with E-state index in [1.165, 1.54) is 5.69 Å². The van der Waals surface area contributed by atoms with E-state index >= 15 is 0 Å². The maximum Gasteiger partial charge on any atom is 0.224 e. The van der Waals surface area contributed by atoms with Gasteiger partial charge in [-0.05, 0) is 39.8 Å². The summed E-state index contributed by atoms with van der Waals surface area (Å²) in [6.45, 7) is 6.45. The number of primary amides is 1. The molecule has 1 aliphatic rings. The van der Waals surface area contributed by atoms with Crippen molar-refractivity contribution in [3.8, 4) is 0 Å². The number of carbonyl (C=O) groups is 1. The second-order valence-corrected chi connectivity index (χ2v) is 5.72. The number of carbonyl (C=O) groups excluding carboxylic acids is 1.